The summed E-state index contributed by atoms with van der Waals surface area (Å²) in [6.07, 6.45) is 0.714. The van der Waals surface area contributed by atoms with Crippen LogP contribution in [-0.4, -0.2) is 43.3 Å². The van der Waals surface area contributed by atoms with E-state index in [2.05, 4.69) is 0 Å². The summed E-state index contributed by atoms with van der Waals surface area (Å²) in [5.74, 6) is 0. The number of sulfonamides is 1. The van der Waals surface area contributed by atoms with Crippen LogP contribution in [-0.2, 0) is 16.4 Å². The lowest BCUT2D eigenvalue weighted by Gasteiger charge is -2.20. The first kappa shape index (κ1) is 13.6. The van der Waals surface area contributed by atoms with Gasteiger partial charge in [0.15, 0.2) is 0 Å². The minimum Gasteiger partial charge on any atom is -0.395 e. The molecule has 0 aliphatic heterocycles. The van der Waals surface area contributed by atoms with E-state index in [4.69, 9.17) is 5.11 Å². The van der Waals surface area contributed by atoms with Crippen molar-refractivity contribution in [2.45, 2.75) is 18.6 Å². The lowest BCUT2D eigenvalue weighted by atomic mass is 10.3. The van der Waals surface area contributed by atoms with Crippen LogP contribution >= 0.6 is 11.3 Å². The summed E-state index contributed by atoms with van der Waals surface area (Å²) in [6.45, 7) is 1.62. The molecule has 92 valence electrons. The Bertz CT molecular complexity index is 400. The van der Waals surface area contributed by atoms with Gasteiger partial charge in [0, 0.05) is 18.5 Å². The second-order valence-corrected chi connectivity index (χ2v) is 7.18. The van der Waals surface area contributed by atoms with Gasteiger partial charge >= 0.3 is 0 Å². The van der Waals surface area contributed by atoms with E-state index in [0.29, 0.717) is 13.0 Å². The highest BCUT2D eigenvalue weighted by Gasteiger charge is 2.24. The van der Waals surface area contributed by atoms with E-state index >= 15 is 0 Å². The number of aliphatic hydroxyl groups excluding tert-OH is 1. The zero-order valence-electron chi connectivity index (χ0n) is 9.46. The summed E-state index contributed by atoms with van der Waals surface area (Å²) in [6, 6.07) is 3.94. The van der Waals surface area contributed by atoms with Crippen LogP contribution in [0.2, 0.25) is 0 Å². The molecular weight excluding hydrogens is 246 g/mol. The highest BCUT2D eigenvalue weighted by molar-refractivity contribution is 7.89. The molecule has 0 amide bonds. The molecule has 0 radical (unpaired) electrons. The summed E-state index contributed by atoms with van der Waals surface area (Å²) >= 11 is 1.62. The lowest BCUT2D eigenvalue weighted by Crippen LogP contribution is -2.37. The Morgan fingerprint density at radius 1 is 1.56 bits per heavy atom. The van der Waals surface area contributed by atoms with Crippen LogP contribution in [0.15, 0.2) is 17.5 Å². The third-order valence-corrected chi connectivity index (χ3v) is 5.61. The first-order valence-corrected chi connectivity index (χ1v) is 7.45. The molecule has 1 atom stereocenters. The first-order chi connectivity index (χ1) is 7.48. The Morgan fingerprint density at radius 3 is 2.75 bits per heavy atom. The number of hydrogen-bond donors (Lipinski definition) is 1. The van der Waals surface area contributed by atoms with Crippen LogP contribution in [0.3, 0.4) is 0 Å². The fourth-order valence-electron chi connectivity index (χ4n) is 1.25. The smallest absolute Gasteiger partial charge is 0.218 e. The van der Waals surface area contributed by atoms with E-state index in [0.717, 1.165) is 0 Å². The average molecular weight is 263 g/mol. The predicted molar refractivity (Wildman–Crippen MR) is 66.1 cm³/mol. The quantitative estimate of drug-likeness (QED) is 0.831. The van der Waals surface area contributed by atoms with Crippen molar-refractivity contribution in [2.75, 3.05) is 20.2 Å². The van der Waals surface area contributed by atoms with Crippen molar-refractivity contribution in [2.24, 2.45) is 0 Å². The molecule has 1 heterocycles. The number of hydrogen-bond acceptors (Lipinski definition) is 4. The van der Waals surface area contributed by atoms with Crippen molar-refractivity contribution in [1.82, 2.24) is 4.31 Å². The summed E-state index contributed by atoms with van der Waals surface area (Å²) < 4.78 is 24.9. The second-order valence-electron chi connectivity index (χ2n) is 3.69. The molecule has 0 saturated heterocycles. The molecule has 0 saturated carbocycles. The Kier molecular flexibility index (Phi) is 4.91. The van der Waals surface area contributed by atoms with Crippen LogP contribution in [0, 0.1) is 0 Å². The van der Waals surface area contributed by atoms with E-state index in [1.165, 1.54) is 16.1 Å². The maximum absolute atomic E-state index is 11.8. The fourth-order valence-corrected chi connectivity index (χ4v) is 3.10. The minimum atomic E-state index is -3.35. The third-order valence-electron chi connectivity index (χ3n) is 2.45. The topological polar surface area (TPSA) is 57.6 Å². The van der Waals surface area contributed by atoms with Crippen molar-refractivity contribution in [3.63, 3.8) is 0 Å². The summed E-state index contributed by atoms with van der Waals surface area (Å²) in [4.78, 5) is 1.17. The zero-order chi connectivity index (χ0) is 12.2. The van der Waals surface area contributed by atoms with Gasteiger partial charge in [0.1, 0.15) is 0 Å². The van der Waals surface area contributed by atoms with Crippen LogP contribution < -0.4 is 0 Å². The molecule has 1 rings (SSSR count). The van der Waals surface area contributed by atoms with Gasteiger partial charge in [0.25, 0.3) is 0 Å². The molecular formula is C10H17NO3S2. The van der Waals surface area contributed by atoms with E-state index in [-0.39, 0.29) is 6.61 Å². The highest BCUT2D eigenvalue weighted by Crippen LogP contribution is 2.12. The number of likely N-dealkylation sites (N-methyl/N-ethyl adjacent to an activating group) is 1. The van der Waals surface area contributed by atoms with Crippen LogP contribution in [0.25, 0.3) is 0 Å². The highest BCUT2D eigenvalue weighted by atomic mass is 32.2. The first-order valence-electron chi connectivity index (χ1n) is 5.07. The molecule has 0 aliphatic carbocycles. The van der Waals surface area contributed by atoms with Crippen molar-refractivity contribution in [3.8, 4) is 0 Å². The van der Waals surface area contributed by atoms with Gasteiger partial charge in [-0.1, -0.05) is 6.07 Å². The molecule has 0 fully saturated rings. The molecule has 1 unspecified atom stereocenters. The molecule has 1 N–H and O–H groups in total. The van der Waals surface area contributed by atoms with Crippen molar-refractivity contribution in [1.29, 1.82) is 0 Å². The Hall–Kier alpha value is -0.430. The van der Waals surface area contributed by atoms with E-state index in [9.17, 15) is 8.42 Å². The van der Waals surface area contributed by atoms with Gasteiger partial charge in [-0.3, -0.25) is 0 Å². The molecule has 1 aromatic rings. The zero-order valence-corrected chi connectivity index (χ0v) is 11.1. The molecule has 6 heteroatoms. The maximum atomic E-state index is 11.8. The summed E-state index contributed by atoms with van der Waals surface area (Å²) in [5.41, 5.74) is 0. The van der Waals surface area contributed by atoms with Crippen LogP contribution in [0.4, 0.5) is 0 Å². The normalized spacial score (nSPS) is 14.2. The molecule has 0 aromatic carbocycles. The van der Waals surface area contributed by atoms with Crippen molar-refractivity contribution < 1.29 is 13.5 Å². The van der Waals surface area contributed by atoms with Crippen molar-refractivity contribution >= 4 is 21.4 Å². The molecule has 0 bridgehead atoms. The number of aliphatic hydroxyl groups is 1. The number of rotatable bonds is 6. The van der Waals surface area contributed by atoms with Crippen LogP contribution in [0.1, 0.15) is 11.8 Å². The number of thiophene rings is 1. The molecule has 4 nitrogen and oxygen atoms in total. The molecule has 0 aliphatic rings. The van der Waals surface area contributed by atoms with Gasteiger partial charge in [-0.25, -0.2) is 12.7 Å². The van der Waals surface area contributed by atoms with E-state index < -0.39 is 15.3 Å². The lowest BCUT2D eigenvalue weighted by molar-refractivity contribution is 0.291. The van der Waals surface area contributed by atoms with Crippen molar-refractivity contribution in [3.05, 3.63) is 22.4 Å². The van der Waals surface area contributed by atoms with Gasteiger partial charge in [-0.15, -0.1) is 11.3 Å². The van der Waals surface area contributed by atoms with Crippen LogP contribution in [0.5, 0.6) is 0 Å². The Labute approximate surface area is 101 Å². The van der Waals surface area contributed by atoms with E-state index in [1.807, 2.05) is 17.5 Å². The van der Waals surface area contributed by atoms with Gasteiger partial charge in [-0.2, -0.15) is 0 Å². The minimum absolute atomic E-state index is 0.342. The Balaban J connectivity index is 2.55. The second kappa shape index (κ2) is 5.77. The Morgan fingerprint density at radius 2 is 2.25 bits per heavy atom. The molecule has 0 spiro atoms. The van der Waals surface area contributed by atoms with Gasteiger partial charge in [0.05, 0.1) is 11.9 Å². The molecule has 16 heavy (non-hydrogen) atoms. The van der Waals surface area contributed by atoms with Gasteiger partial charge in [-0.05, 0) is 24.8 Å². The SMILES string of the molecule is CC(CO)S(=O)(=O)N(C)CCc1cccs1. The molecule has 1 aromatic heterocycles. The van der Waals surface area contributed by atoms with Gasteiger partial charge in [0.2, 0.25) is 10.0 Å². The summed E-state index contributed by atoms with van der Waals surface area (Å²) in [7, 11) is -1.80. The average Bonchev–Trinajstić information content (AvgIpc) is 2.77. The third kappa shape index (κ3) is 3.28. The fraction of sp³-hybridized carbons (Fsp3) is 0.600. The maximum Gasteiger partial charge on any atom is 0.218 e. The van der Waals surface area contributed by atoms with Gasteiger partial charge < -0.3 is 5.11 Å². The predicted octanol–water partition coefficient (Wildman–Crippen LogP) is 0.933. The standard InChI is InChI=1S/C10H17NO3S2/c1-9(8-12)16(13,14)11(2)6-5-10-4-3-7-15-10/h3-4,7,9,12H,5-6,8H2,1-2H3. The monoisotopic (exact) mass is 263 g/mol. The number of nitrogens with zero attached hydrogens (tertiary/aromatic N) is 1. The largest absolute Gasteiger partial charge is 0.395 e. The summed E-state index contributed by atoms with van der Waals surface area (Å²) in [5, 5.41) is 10.1. The van der Waals surface area contributed by atoms with E-state index in [1.54, 1.807) is 18.4 Å².